The van der Waals surface area contributed by atoms with Crippen molar-refractivity contribution in [2.45, 2.75) is 13.0 Å². The second-order valence-corrected chi connectivity index (χ2v) is 8.30. The summed E-state index contributed by atoms with van der Waals surface area (Å²) < 4.78 is 10.3. The average molecular weight is 497 g/mol. The van der Waals surface area contributed by atoms with E-state index in [2.05, 4.69) is 15.6 Å². The summed E-state index contributed by atoms with van der Waals surface area (Å²) in [5.41, 5.74) is 0.861. The minimum Gasteiger partial charge on any atom is -0.467 e. The number of methoxy groups -OCH3 is 1. The van der Waals surface area contributed by atoms with E-state index in [1.165, 1.54) is 11.3 Å². The third kappa shape index (κ3) is 6.70. The summed E-state index contributed by atoms with van der Waals surface area (Å²) in [6, 6.07) is 8.75. The number of anilines is 2. The molecule has 170 valence electrons. The number of nitrogens with one attached hydrogen (secondary N) is 2. The number of furan rings is 1. The molecule has 0 unspecified atom stereocenters. The summed E-state index contributed by atoms with van der Waals surface area (Å²) in [5, 5.41) is 8.79. The molecule has 0 aliphatic heterocycles. The molecule has 3 rings (SSSR count). The standard InChI is InChI=1S/C21H22Cl2N4O4S/c1-30-11-9-27(8-7-18(28)24-12-14-4-3-10-31-14)20(29)17-13-32-21(26-17)25-16-6-2-5-15(22)19(16)23/h2-6,10,13H,7-9,11-12H2,1H3,(H,24,28)(H,25,26). The lowest BCUT2D eigenvalue weighted by Crippen LogP contribution is -2.37. The Morgan fingerprint density at radius 3 is 2.81 bits per heavy atom. The molecule has 0 bridgehead atoms. The van der Waals surface area contributed by atoms with Crippen molar-refractivity contribution >= 4 is 57.2 Å². The third-order valence-corrected chi connectivity index (χ3v) is 5.99. The van der Waals surface area contributed by atoms with Gasteiger partial charge in [0.05, 0.1) is 35.1 Å². The lowest BCUT2D eigenvalue weighted by atomic mass is 10.3. The van der Waals surface area contributed by atoms with Gasteiger partial charge in [-0.2, -0.15) is 0 Å². The highest BCUT2D eigenvalue weighted by molar-refractivity contribution is 7.14. The molecule has 1 aromatic carbocycles. The van der Waals surface area contributed by atoms with Crippen LogP contribution in [0.3, 0.4) is 0 Å². The van der Waals surface area contributed by atoms with Gasteiger partial charge >= 0.3 is 0 Å². The fourth-order valence-electron chi connectivity index (χ4n) is 2.75. The van der Waals surface area contributed by atoms with Crippen LogP contribution in [-0.2, 0) is 16.1 Å². The molecule has 3 aromatic rings. The van der Waals surface area contributed by atoms with E-state index in [4.69, 9.17) is 32.4 Å². The van der Waals surface area contributed by atoms with Gasteiger partial charge in [0.15, 0.2) is 5.13 Å². The van der Waals surface area contributed by atoms with Gasteiger partial charge in [-0.05, 0) is 24.3 Å². The van der Waals surface area contributed by atoms with Crippen molar-refractivity contribution in [1.29, 1.82) is 0 Å². The number of thiazole rings is 1. The van der Waals surface area contributed by atoms with E-state index >= 15 is 0 Å². The van der Waals surface area contributed by atoms with Gasteiger partial charge in [-0.15, -0.1) is 11.3 Å². The normalized spacial score (nSPS) is 10.7. The second-order valence-electron chi connectivity index (χ2n) is 6.66. The Morgan fingerprint density at radius 1 is 1.22 bits per heavy atom. The van der Waals surface area contributed by atoms with E-state index < -0.39 is 0 Å². The Balaban J connectivity index is 1.59. The highest BCUT2D eigenvalue weighted by Crippen LogP contribution is 2.32. The molecule has 32 heavy (non-hydrogen) atoms. The van der Waals surface area contributed by atoms with Crippen molar-refractivity contribution < 1.29 is 18.7 Å². The van der Waals surface area contributed by atoms with Crippen molar-refractivity contribution in [3.63, 3.8) is 0 Å². The van der Waals surface area contributed by atoms with Gasteiger partial charge in [-0.25, -0.2) is 4.98 Å². The topological polar surface area (TPSA) is 96.7 Å². The number of benzene rings is 1. The van der Waals surface area contributed by atoms with E-state index in [1.54, 1.807) is 54.0 Å². The molecule has 2 amide bonds. The summed E-state index contributed by atoms with van der Waals surface area (Å²) in [4.78, 5) is 31.1. The molecule has 0 spiro atoms. The number of halogens is 2. The molecule has 2 N–H and O–H groups in total. The summed E-state index contributed by atoms with van der Waals surface area (Å²) >= 11 is 13.5. The second kappa shape index (κ2) is 11.9. The zero-order chi connectivity index (χ0) is 22.9. The smallest absolute Gasteiger partial charge is 0.273 e. The molecule has 8 nitrogen and oxygen atoms in total. The number of nitrogens with zero attached hydrogens (tertiary/aromatic N) is 2. The van der Waals surface area contributed by atoms with Crippen molar-refractivity contribution in [2.75, 3.05) is 32.1 Å². The largest absolute Gasteiger partial charge is 0.467 e. The Kier molecular flexibility index (Phi) is 8.92. The van der Waals surface area contributed by atoms with Crippen LogP contribution < -0.4 is 10.6 Å². The van der Waals surface area contributed by atoms with Gasteiger partial charge < -0.3 is 24.7 Å². The Hall–Kier alpha value is -2.59. The molecule has 2 heterocycles. The molecule has 11 heteroatoms. The molecule has 0 saturated carbocycles. The monoisotopic (exact) mass is 496 g/mol. The minimum absolute atomic E-state index is 0.142. The number of rotatable bonds is 11. The van der Waals surface area contributed by atoms with Crippen LogP contribution in [0.2, 0.25) is 10.0 Å². The SMILES string of the molecule is COCCN(CCC(=O)NCc1ccco1)C(=O)c1csc(Nc2cccc(Cl)c2Cl)n1. The Bertz CT molecular complexity index is 1040. The molecule has 0 saturated heterocycles. The Labute approximate surface area is 199 Å². The van der Waals surface area contributed by atoms with Gasteiger partial charge in [0.25, 0.3) is 5.91 Å². The zero-order valence-corrected chi connectivity index (χ0v) is 19.6. The molecular weight excluding hydrogens is 475 g/mol. The van der Waals surface area contributed by atoms with Crippen LogP contribution in [0, 0.1) is 0 Å². The molecule has 0 atom stereocenters. The first-order chi connectivity index (χ1) is 15.5. The molecule has 0 radical (unpaired) electrons. The van der Waals surface area contributed by atoms with E-state index in [1.807, 2.05) is 0 Å². The quantitative estimate of drug-likeness (QED) is 0.403. The van der Waals surface area contributed by atoms with Gasteiger partial charge in [-0.3, -0.25) is 9.59 Å². The van der Waals surface area contributed by atoms with Crippen molar-refractivity contribution in [3.05, 3.63) is 63.5 Å². The van der Waals surface area contributed by atoms with Gasteiger partial charge in [0, 0.05) is 32.0 Å². The Morgan fingerprint density at radius 2 is 2.06 bits per heavy atom. The summed E-state index contributed by atoms with van der Waals surface area (Å²) in [5.74, 6) is 0.184. The van der Waals surface area contributed by atoms with Crippen LogP contribution in [0.5, 0.6) is 0 Å². The van der Waals surface area contributed by atoms with Crippen LogP contribution in [0.1, 0.15) is 22.7 Å². The fraction of sp³-hybridized carbons (Fsp3) is 0.286. The maximum absolute atomic E-state index is 13.0. The van der Waals surface area contributed by atoms with E-state index in [9.17, 15) is 9.59 Å². The number of ether oxygens (including phenoxy) is 1. The lowest BCUT2D eigenvalue weighted by Gasteiger charge is -2.21. The van der Waals surface area contributed by atoms with Gasteiger partial charge in [0.1, 0.15) is 11.5 Å². The first kappa shape index (κ1) is 24.1. The predicted molar refractivity (Wildman–Crippen MR) is 125 cm³/mol. The van der Waals surface area contributed by atoms with Gasteiger partial charge in [-0.1, -0.05) is 29.3 Å². The number of aromatic nitrogens is 1. The maximum Gasteiger partial charge on any atom is 0.273 e. The predicted octanol–water partition coefficient (Wildman–Crippen LogP) is 4.58. The lowest BCUT2D eigenvalue weighted by molar-refractivity contribution is -0.121. The highest BCUT2D eigenvalue weighted by atomic mass is 35.5. The summed E-state index contributed by atoms with van der Waals surface area (Å²) in [7, 11) is 1.55. The first-order valence-electron chi connectivity index (χ1n) is 9.71. The van der Waals surface area contributed by atoms with E-state index in [0.717, 1.165) is 0 Å². The van der Waals surface area contributed by atoms with Gasteiger partial charge in [0.2, 0.25) is 5.91 Å². The molecule has 0 fully saturated rings. The highest BCUT2D eigenvalue weighted by Gasteiger charge is 2.20. The van der Waals surface area contributed by atoms with E-state index in [0.29, 0.717) is 46.3 Å². The number of hydrogen-bond donors (Lipinski definition) is 2. The van der Waals surface area contributed by atoms with Crippen LogP contribution in [0.4, 0.5) is 10.8 Å². The number of hydrogen-bond acceptors (Lipinski definition) is 7. The van der Waals surface area contributed by atoms with Crippen LogP contribution in [0.25, 0.3) is 0 Å². The van der Waals surface area contributed by atoms with Crippen molar-refractivity contribution in [1.82, 2.24) is 15.2 Å². The van der Waals surface area contributed by atoms with E-state index in [-0.39, 0.29) is 30.5 Å². The van der Waals surface area contributed by atoms with Crippen LogP contribution >= 0.6 is 34.5 Å². The van der Waals surface area contributed by atoms with Crippen molar-refractivity contribution in [3.8, 4) is 0 Å². The summed E-state index contributed by atoms with van der Waals surface area (Å²) in [6.07, 6.45) is 1.69. The van der Waals surface area contributed by atoms with Crippen molar-refractivity contribution in [2.24, 2.45) is 0 Å². The average Bonchev–Trinajstić information content (AvgIpc) is 3.47. The zero-order valence-electron chi connectivity index (χ0n) is 17.3. The molecule has 0 aliphatic carbocycles. The first-order valence-corrected chi connectivity index (χ1v) is 11.4. The number of amides is 2. The summed E-state index contributed by atoms with van der Waals surface area (Å²) in [6.45, 7) is 1.20. The number of carbonyl (C=O) groups is 2. The number of carbonyl (C=O) groups excluding carboxylic acids is 2. The molecule has 2 aromatic heterocycles. The minimum atomic E-state index is -0.289. The third-order valence-electron chi connectivity index (χ3n) is 4.42. The maximum atomic E-state index is 13.0. The molecular formula is C21H22Cl2N4O4S. The van der Waals surface area contributed by atoms with Crippen LogP contribution in [0.15, 0.2) is 46.4 Å². The fourth-order valence-corrected chi connectivity index (χ4v) is 3.79. The van der Waals surface area contributed by atoms with Crippen LogP contribution in [-0.4, -0.2) is 48.5 Å². The molecule has 0 aliphatic rings.